The van der Waals surface area contributed by atoms with Crippen molar-refractivity contribution in [2.75, 3.05) is 26.3 Å². The van der Waals surface area contributed by atoms with Crippen LogP contribution in [0.4, 0.5) is 0 Å². The number of Topliss-reactive ketones (excluding diaryl/α,β-unsaturated/α-hetero) is 1. The average molecular weight is 373 g/mol. The van der Waals surface area contributed by atoms with Gasteiger partial charge in [0.2, 0.25) is 5.91 Å². The SMILES string of the molecule is CC(=O)c1ccc(OCC2CN(C(=O)Cc3ccsc3)CCO2)cc1C. The van der Waals surface area contributed by atoms with Crippen LogP contribution in [0, 0.1) is 6.92 Å². The van der Waals surface area contributed by atoms with Crippen LogP contribution in [0.15, 0.2) is 35.0 Å². The van der Waals surface area contributed by atoms with Crippen molar-refractivity contribution in [2.45, 2.75) is 26.4 Å². The molecule has 0 N–H and O–H groups in total. The lowest BCUT2D eigenvalue weighted by molar-refractivity contribution is -0.139. The third-order valence-corrected chi connectivity index (χ3v) is 5.17. The molecule has 1 unspecified atom stereocenters. The Hall–Kier alpha value is -2.18. The molecule has 1 saturated heterocycles. The smallest absolute Gasteiger partial charge is 0.227 e. The summed E-state index contributed by atoms with van der Waals surface area (Å²) in [5.41, 5.74) is 2.66. The number of ketones is 1. The van der Waals surface area contributed by atoms with Gasteiger partial charge in [-0.1, -0.05) is 0 Å². The monoisotopic (exact) mass is 373 g/mol. The number of carbonyl (C=O) groups excluding carboxylic acids is 2. The van der Waals surface area contributed by atoms with Gasteiger partial charge in [0.25, 0.3) is 0 Å². The molecule has 1 atom stereocenters. The molecule has 6 heteroatoms. The molecule has 2 heterocycles. The fraction of sp³-hybridized carbons (Fsp3) is 0.400. The van der Waals surface area contributed by atoms with Gasteiger partial charge in [0.05, 0.1) is 19.6 Å². The van der Waals surface area contributed by atoms with E-state index in [0.717, 1.165) is 11.1 Å². The van der Waals surface area contributed by atoms with Crippen LogP contribution >= 0.6 is 11.3 Å². The van der Waals surface area contributed by atoms with Gasteiger partial charge < -0.3 is 14.4 Å². The Morgan fingerprint density at radius 1 is 1.35 bits per heavy atom. The van der Waals surface area contributed by atoms with E-state index in [2.05, 4.69) is 0 Å². The van der Waals surface area contributed by atoms with Gasteiger partial charge in [-0.3, -0.25) is 9.59 Å². The molecular weight excluding hydrogens is 350 g/mol. The number of hydrogen-bond donors (Lipinski definition) is 0. The summed E-state index contributed by atoms with van der Waals surface area (Å²) in [6.07, 6.45) is 0.283. The van der Waals surface area contributed by atoms with Gasteiger partial charge in [-0.25, -0.2) is 0 Å². The van der Waals surface area contributed by atoms with Gasteiger partial charge in [0.1, 0.15) is 18.5 Å². The molecule has 5 nitrogen and oxygen atoms in total. The number of carbonyl (C=O) groups is 2. The van der Waals surface area contributed by atoms with E-state index in [1.54, 1.807) is 30.4 Å². The van der Waals surface area contributed by atoms with Crippen LogP contribution in [0.3, 0.4) is 0 Å². The Kier molecular flexibility index (Phi) is 6.06. The maximum Gasteiger partial charge on any atom is 0.227 e. The maximum atomic E-state index is 12.4. The molecule has 0 bridgehead atoms. The number of benzene rings is 1. The van der Waals surface area contributed by atoms with Crippen LogP contribution in [-0.2, 0) is 16.0 Å². The Morgan fingerprint density at radius 2 is 2.19 bits per heavy atom. The third-order valence-electron chi connectivity index (χ3n) is 4.44. The molecule has 1 aliphatic heterocycles. The van der Waals surface area contributed by atoms with E-state index < -0.39 is 0 Å². The highest BCUT2D eigenvalue weighted by Crippen LogP contribution is 2.19. The molecule has 0 saturated carbocycles. The quantitative estimate of drug-likeness (QED) is 0.730. The van der Waals surface area contributed by atoms with E-state index in [4.69, 9.17) is 9.47 Å². The highest BCUT2D eigenvalue weighted by Gasteiger charge is 2.25. The van der Waals surface area contributed by atoms with E-state index in [0.29, 0.717) is 44.0 Å². The Morgan fingerprint density at radius 3 is 2.88 bits per heavy atom. The van der Waals surface area contributed by atoms with E-state index in [9.17, 15) is 9.59 Å². The van der Waals surface area contributed by atoms with Crippen LogP contribution in [0.1, 0.15) is 28.4 Å². The van der Waals surface area contributed by atoms with Crippen molar-refractivity contribution < 1.29 is 19.1 Å². The van der Waals surface area contributed by atoms with Crippen molar-refractivity contribution in [2.24, 2.45) is 0 Å². The maximum absolute atomic E-state index is 12.4. The summed E-state index contributed by atoms with van der Waals surface area (Å²) in [4.78, 5) is 25.8. The molecule has 1 aromatic carbocycles. The minimum absolute atomic E-state index is 0.0458. The second-order valence-electron chi connectivity index (χ2n) is 6.48. The number of thiophene rings is 1. The minimum Gasteiger partial charge on any atom is -0.491 e. The summed E-state index contributed by atoms with van der Waals surface area (Å²) in [6, 6.07) is 7.42. The first-order valence-corrected chi connectivity index (χ1v) is 9.62. The first-order chi connectivity index (χ1) is 12.5. The zero-order valence-corrected chi connectivity index (χ0v) is 15.9. The summed E-state index contributed by atoms with van der Waals surface area (Å²) in [7, 11) is 0. The van der Waals surface area contributed by atoms with Crippen molar-refractivity contribution in [1.82, 2.24) is 4.90 Å². The van der Waals surface area contributed by atoms with Crippen LogP contribution in [0.25, 0.3) is 0 Å². The number of rotatable bonds is 6. The second-order valence-corrected chi connectivity index (χ2v) is 7.26. The molecular formula is C20H23NO4S. The molecule has 1 amide bonds. The average Bonchev–Trinajstić information content (AvgIpc) is 3.13. The normalized spacial score (nSPS) is 17.2. The number of hydrogen-bond acceptors (Lipinski definition) is 5. The molecule has 26 heavy (non-hydrogen) atoms. The van der Waals surface area contributed by atoms with Crippen molar-refractivity contribution >= 4 is 23.0 Å². The minimum atomic E-state index is -0.150. The van der Waals surface area contributed by atoms with Gasteiger partial charge in [-0.05, 0) is 60.0 Å². The fourth-order valence-corrected chi connectivity index (χ4v) is 3.71. The summed E-state index contributed by atoms with van der Waals surface area (Å²) in [5.74, 6) is 0.876. The molecule has 1 aromatic heterocycles. The van der Waals surface area contributed by atoms with Crippen molar-refractivity contribution in [1.29, 1.82) is 0 Å². The number of morpholine rings is 1. The number of nitrogens with zero attached hydrogens (tertiary/aromatic N) is 1. The lowest BCUT2D eigenvalue weighted by Gasteiger charge is -2.33. The van der Waals surface area contributed by atoms with Crippen LogP contribution < -0.4 is 4.74 Å². The lowest BCUT2D eigenvalue weighted by Crippen LogP contribution is -2.48. The highest BCUT2D eigenvalue weighted by molar-refractivity contribution is 7.08. The predicted molar refractivity (Wildman–Crippen MR) is 101 cm³/mol. The van der Waals surface area contributed by atoms with Gasteiger partial charge in [-0.2, -0.15) is 11.3 Å². The van der Waals surface area contributed by atoms with Gasteiger partial charge in [0.15, 0.2) is 5.78 Å². The van der Waals surface area contributed by atoms with E-state index in [1.165, 1.54) is 0 Å². The molecule has 0 radical (unpaired) electrons. The summed E-state index contributed by atoms with van der Waals surface area (Å²) in [6.45, 7) is 5.50. The number of ether oxygens (including phenoxy) is 2. The van der Waals surface area contributed by atoms with Gasteiger partial charge in [-0.15, -0.1) is 0 Å². The first-order valence-electron chi connectivity index (χ1n) is 8.68. The highest BCUT2D eigenvalue weighted by atomic mass is 32.1. The molecule has 3 rings (SSSR count). The number of amides is 1. The van der Waals surface area contributed by atoms with Crippen LogP contribution in [0.5, 0.6) is 5.75 Å². The van der Waals surface area contributed by atoms with Crippen molar-refractivity contribution in [3.8, 4) is 5.75 Å². The third kappa shape index (κ3) is 4.71. The standard InChI is InChI=1S/C20H23NO4S/c1-14-9-17(3-4-19(14)15(2)22)25-12-18-11-21(6-7-24-18)20(23)10-16-5-8-26-13-16/h3-5,8-9,13,18H,6-7,10-12H2,1-2H3. The van der Waals surface area contributed by atoms with Crippen molar-refractivity contribution in [3.63, 3.8) is 0 Å². The molecule has 1 fully saturated rings. The first kappa shape index (κ1) is 18.6. The Labute approximate surface area is 157 Å². The van der Waals surface area contributed by atoms with Crippen LogP contribution in [0.2, 0.25) is 0 Å². The molecule has 138 valence electrons. The lowest BCUT2D eigenvalue weighted by atomic mass is 10.1. The van der Waals surface area contributed by atoms with Crippen LogP contribution in [-0.4, -0.2) is 49.0 Å². The van der Waals surface area contributed by atoms with E-state index in [1.807, 2.05) is 34.7 Å². The van der Waals surface area contributed by atoms with Gasteiger partial charge >= 0.3 is 0 Å². The Balaban J connectivity index is 1.53. The van der Waals surface area contributed by atoms with Crippen molar-refractivity contribution in [3.05, 3.63) is 51.7 Å². The molecule has 2 aromatic rings. The topological polar surface area (TPSA) is 55.8 Å². The zero-order valence-electron chi connectivity index (χ0n) is 15.1. The van der Waals surface area contributed by atoms with E-state index >= 15 is 0 Å². The predicted octanol–water partition coefficient (Wildman–Crippen LogP) is 3.11. The molecule has 0 aliphatic carbocycles. The summed E-state index contributed by atoms with van der Waals surface area (Å²) < 4.78 is 11.6. The zero-order chi connectivity index (χ0) is 18.5. The molecule has 1 aliphatic rings. The number of aryl methyl sites for hydroxylation is 1. The summed E-state index contributed by atoms with van der Waals surface area (Å²) in [5, 5.41) is 3.99. The Bertz CT molecular complexity index is 772. The summed E-state index contributed by atoms with van der Waals surface area (Å²) >= 11 is 1.60. The van der Waals surface area contributed by atoms with Gasteiger partial charge in [0, 0.05) is 12.1 Å². The second kappa shape index (κ2) is 8.47. The molecule has 0 spiro atoms. The fourth-order valence-electron chi connectivity index (χ4n) is 3.04. The largest absolute Gasteiger partial charge is 0.491 e. The van der Waals surface area contributed by atoms with E-state index in [-0.39, 0.29) is 17.8 Å².